The van der Waals surface area contributed by atoms with E-state index in [1.165, 1.54) is 0 Å². The van der Waals surface area contributed by atoms with Crippen LogP contribution < -0.4 is 0 Å². The van der Waals surface area contributed by atoms with Crippen molar-refractivity contribution in [3.8, 4) is 0 Å². The van der Waals surface area contributed by atoms with E-state index < -0.39 is 11.0 Å². The Bertz CT molecular complexity index is 324. The smallest absolute Gasteiger partial charge is 0.240 e. The van der Waals surface area contributed by atoms with Crippen molar-refractivity contribution in [2.24, 2.45) is 5.41 Å². The van der Waals surface area contributed by atoms with Crippen molar-refractivity contribution < 1.29 is 19.4 Å². The molecule has 0 heterocycles. The van der Waals surface area contributed by atoms with Gasteiger partial charge in [-0.25, -0.2) is 0 Å². The molecule has 4 heteroatoms. The van der Waals surface area contributed by atoms with Crippen LogP contribution in [0, 0.1) is 5.41 Å². The average molecular weight is 228 g/mol. The van der Waals surface area contributed by atoms with Crippen LogP contribution in [0.25, 0.3) is 0 Å². The molecule has 0 saturated heterocycles. The van der Waals surface area contributed by atoms with Crippen LogP contribution in [-0.2, 0) is 14.3 Å². The molecule has 4 nitrogen and oxygen atoms in total. The van der Waals surface area contributed by atoms with E-state index in [-0.39, 0.29) is 17.3 Å². The summed E-state index contributed by atoms with van der Waals surface area (Å²) in [6, 6.07) is 0. The van der Waals surface area contributed by atoms with Crippen molar-refractivity contribution in [2.45, 2.75) is 40.2 Å². The number of aliphatic hydroxyl groups is 1. The van der Waals surface area contributed by atoms with Gasteiger partial charge < -0.3 is 14.6 Å². The van der Waals surface area contributed by atoms with E-state index in [0.717, 1.165) is 0 Å². The SMILES string of the molecule is CCOC1=C(OCC)C(O)(C(C)(C)C)C1=O. The van der Waals surface area contributed by atoms with E-state index in [1.54, 1.807) is 27.7 Å². The second-order valence-corrected chi connectivity index (χ2v) is 4.81. The normalized spacial score (nSPS) is 25.5. The summed E-state index contributed by atoms with van der Waals surface area (Å²) in [5, 5.41) is 10.4. The van der Waals surface area contributed by atoms with Crippen LogP contribution in [0.2, 0.25) is 0 Å². The van der Waals surface area contributed by atoms with Gasteiger partial charge in [0.25, 0.3) is 0 Å². The average Bonchev–Trinajstić information content (AvgIpc) is 2.20. The van der Waals surface area contributed by atoms with E-state index in [2.05, 4.69) is 0 Å². The first-order chi connectivity index (χ1) is 7.30. The highest BCUT2D eigenvalue weighted by atomic mass is 16.5. The highest BCUT2D eigenvalue weighted by Crippen LogP contribution is 2.47. The Hall–Kier alpha value is -1.03. The summed E-state index contributed by atoms with van der Waals surface area (Å²) in [6.45, 7) is 9.78. The predicted octanol–water partition coefficient (Wildman–Crippen LogP) is 1.63. The lowest BCUT2D eigenvalue weighted by atomic mass is 9.65. The highest BCUT2D eigenvalue weighted by molar-refractivity contribution is 6.10. The number of carbonyl (C=O) groups excluding carboxylic acids is 1. The van der Waals surface area contributed by atoms with Crippen LogP contribution in [0.3, 0.4) is 0 Å². The van der Waals surface area contributed by atoms with Crippen molar-refractivity contribution in [1.29, 1.82) is 0 Å². The summed E-state index contributed by atoms with van der Waals surface area (Å²) in [4.78, 5) is 11.9. The Morgan fingerprint density at radius 2 is 1.69 bits per heavy atom. The van der Waals surface area contributed by atoms with E-state index in [0.29, 0.717) is 13.2 Å². The first kappa shape index (κ1) is 13.0. The minimum atomic E-state index is -1.55. The van der Waals surface area contributed by atoms with Crippen molar-refractivity contribution in [2.75, 3.05) is 13.2 Å². The van der Waals surface area contributed by atoms with Crippen LogP contribution >= 0.6 is 0 Å². The van der Waals surface area contributed by atoms with Gasteiger partial charge in [-0.05, 0) is 13.8 Å². The Balaban J connectivity index is 3.12. The molecule has 1 aliphatic carbocycles. The van der Waals surface area contributed by atoms with Crippen LogP contribution in [-0.4, -0.2) is 29.7 Å². The molecule has 0 radical (unpaired) electrons. The van der Waals surface area contributed by atoms with Gasteiger partial charge in [0.1, 0.15) is 0 Å². The van der Waals surface area contributed by atoms with Gasteiger partial charge in [-0.15, -0.1) is 0 Å². The van der Waals surface area contributed by atoms with Crippen molar-refractivity contribution >= 4 is 5.78 Å². The molecule has 0 amide bonds. The summed E-state index contributed by atoms with van der Waals surface area (Å²) in [6.07, 6.45) is 0. The van der Waals surface area contributed by atoms with Crippen molar-refractivity contribution in [3.05, 3.63) is 11.5 Å². The van der Waals surface area contributed by atoms with Gasteiger partial charge in [0, 0.05) is 5.41 Å². The van der Waals surface area contributed by atoms with Crippen LogP contribution in [0.4, 0.5) is 0 Å². The Labute approximate surface area is 96.2 Å². The van der Waals surface area contributed by atoms with Gasteiger partial charge in [-0.3, -0.25) is 4.79 Å². The van der Waals surface area contributed by atoms with E-state index in [9.17, 15) is 9.90 Å². The lowest BCUT2D eigenvalue weighted by Gasteiger charge is -2.46. The summed E-state index contributed by atoms with van der Waals surface area (Å²) < 4.78 is 10.5. The maximum Gasteiger partial charge on any atom is 0.240 e. The minimum absolute atomic E-state index is 0.168. The molecular formula is C12H20O4. The van der Waals surface area contributed by atoms with E-state index in [4.69, 9.17) is 9.47 Å². The summed E-state index contributed by atoms with van der Waals surface area (Å²) >= 11 is 0. The van der Waals surface area contributed by atoms with Crippen LogP contribution in [0.15, 0.2) is 11.5 Å². The third-order valence-electron chi connectivity index (χ3n) is 2.73. The Morgan fingerprint density at radius 1 is 1.19 bits per heavy atom. The fraction of sp³-hybridized carbons (Fsp3) is 0.750. The molecule has 1 atom stereocenters. The third kappa shape index (κ3) is 1.61. The molecule has 0 fully saturated rings. The fourth-order valence-corrected chi connectivity index (χ4v) is 1.74. The lowest BCUT2D eigenvalue weighted by molar-refractivity contribution is -0.162. The van der Waals surface area contributed by atoms with Crippen LogP contribution in [0.1, 0.15) is 34.6 Å². The monoisotopic (exact) mass is 228 g/mol. The first-order valence-corrected chi connectivity index (χ1v) is 5.58. The minimum Gasteiger partial charge on any atom is -0.491 e. The fourth-order valence-electron chi connectivity index (χ4n) is 1.74. The zero-order valence-corrected chi connectivity index (χ0v) is 10.6. The molecule has 92 valence electrons. The number of hydrogen-bond donors (Lipinski definition) is 1. The molecule has 16 heavy (non-hydrogen) atoms. The summed E-state index contributed by atoms with van der Waals surface area (Å²) in [5.74, 6) is 0.0569. The summed E-state index contributed by atoms with van der Waals surface area (Å²) in [5.41, 5.74) is -2.15. The molecular weight excluding hydrogens is 208 g/mol. The highest BCUT2D eigenvalue weighted by Gasteiger charge is 2.62. The number of carbonyl (C=O) groups is 1. The summed E-state index contributed by atoms with van der Waals surface area (Å²) in [7, 11) is 0. The molecule has 0 aromatic heterocycles. The molecule has 1 N–H and O–H groups in total. The second kappa shape index (κ2) is 4.09. The van der Waals surface area contributed by atoms with Crippen molar-refractivity contribution in [3.63, 3.8) is 0 Å². The van der Waals surface area contributed by atoms with Gasteiger partial charge >= 0.3 is 0 Å². The lowest BCUT2D eigenvalue weighted by Crippen LogP contribution is -2.60. The number of Topliss-reactive ketones (excluding diaryl/α,β-unsaturated/α-hetero) is 1. The number of hydrogen-bond acceptors (Lipinski definition) is 4. The largest absolute Gasteiger partial charge is 0.491 e. The van der Waals surface area contributed by atoms with Crippen LogP contribution in [0.5, 0.6) is 0 Å². The van der Waals surface area contributed by atoms with E-state index >= 15 is 0 Å². The Kier molecular flexibility index (Phi) is 3.33. The molecule has 0 aromatic carbocycles. The first-order valence-electron chi connectivity index (χ1n) is 5.58. The van der Waals surface area contributed by atoms with Gasteiger partial charge in [0.15, 0.2) is 11.4 Å². The molecule has 0 aromatic rings. The molecule has 0 bridgehead atoms. The molecule has 0 aliphatic heterocycles. The number of ketones is 1. The van der Waals surface area contributed by atoms with Gasteiger partial charge in [-0.2, -0.15) is 0 Å². The number of rotatable bonds is 4. The zero-order chi connectivity index (χ0) is 12.6. The predicted molar refractivity (Wildman–Crippen MR) is 59.7 cm³/mol. The van der Waals surface area contributed by atoms with Crippen molar-refractivity contribution in [1.82, 2.24) is 0 Å². The van der Waals surface area contributed by atoms with Gasteiger partial charge in [-0.1, -0.05) is 20.8 Å². The zero-order valence-electron chi connectivity index (χ0n) is 10.6. The topological polar surface area (TPSA) is 55.8 Å². The van der Waals surface area contributed by atoms with Gasteiger partial charge in [0.05, 0.1) is 13.2 Å². The standard InChI is InChI=1S/C12H20O4/c1-6-15-8-9(13)12(14,11(3,4)5)10(8)16-7-2/h14H,6-7H2,1-5H3. The molecule has 0 spiro atoms. The second-order valence-electron chi connectivity index (χ2n) is 4.81. The number of ether oxygens (including phenoxy) is 2. The van der Waals surface area contributed by atoms with E-state index in [1.807, 2.05) is 6.92 Å². The van der Waals surface area contributed by atoms with Gasteiger partial charge in [0.2, 0.25) is 11.5 Å². The Morgan fingerprint density at radius 3 is 2.06 bits per heavy atom. The molecule has 1 unspecified atom stereocenters. The molecule has 1 rings (SSSR count). The maximum absolute atomic E-state index is 11.9. The molecule has 0 saturated carbocycles. The maximum atomic E-state index is 11.9. The quantitative estimate of drug-likeness (QED) is 0.794. The molecule has 1 aliphatic rings. The third-order valence-corrected chi connectivity index (χ3v) is 2.73.